The van der Waals surface area contributed by atoms with Gasteiger partial charge in [0.1, 0.15) is 6.04 Å². The van der Waals surface area contributed by atoms with Crippen LogP contribution >= 0.6 is 0 Å². The minimum absolute atomic E-state index is 0.0163. The van der Waals surface area contributed by atoms with Gasteiger partial charge in [-0.2, -0.15) is 0 Å². The van der Waals surface area contributed by atoms with E-state index in [0.29, 0.717) is 12.1 Å². The van der Waals surface area contributed by atoms with E-state index >= 15 is 0 Å². The number of carbonyl (C=O) groups excluding carboxylic acids is 2. The summed E-state index contributed by atoms with van der Waals surface area (Å²) < 4.78 is 0. The predicted octanol–water partition coefficient (Wildman–Crippen LogP) is 2.97. The van der Waals surface area contributed by atoms with Crippen molar-refractivity contribution in [3.8, 4) is 0 Å². The molecule has 0 saturated heterocycles. The molecule has 0 N–H and O–H groups in total. The van der Waals surface area contributed by atoms with Crippen molar-refractivity contribution >= 4 is 11.7 Å². The fourth-order valence-corrected chi connectivity index (χ4v) is 2.75. The third-order valence-electron chi connectivity index (χ3n) is 3.66. The first-order valence-corrected chi connectivity index (χ1v) is 6.63. The molecule has 0 radical (unpaired) electrons. The van der Waals surface area contributed by atoms with Crippen LogP contribution in [0.5, 0.6) is 0 Å². The van der Waals surface area contributed by atoms with E-state index in [-0.39, 0.29) is 11.7 Å². The highest BCUT2D eigenvalue weighted by atomic mass is 16.2. The quantitative estimate of drug-likeness (QED) is 0.855. The Morgan fingerprint density at radius 3 is 2.35 bits per heavy atom. The Bertz CT molecular complexity index is 664. The number of Topliss-reactive ketones (excluding diaryl/α,β-unsaturated/α-hetero) is 1. The van der Waals surface area contributed by atoms with Crippen LogP contribution in [-0.2, 0) is 11.3 Å². The van der Waals surface area contributed by atoms with Gasteiger partial charge < -0.3 is 4.90 Å². The van der Waals surface area contributed by atoms with Gasteiger partial charge in [-0.15, -0.1) is 0 Å². The molecule has 1 atom stereocenters. The maximum absolute atomic E-state index is 12.5. The van der Waals surface area contributed by atoms with E-state index in [0.717, 1.165) is 11.1 Å². The largest absolute Gasteiger partial charge is 0.320 e. The lowest BCUT2D eigenvalue weighted by Gasteiger charge is -2.26. The first-order chi connectivity index (χ1) is 9.68. The van der Waals surface area contributed by atoms with Gasteiger partial charge in [-0.3, -0.25) is 9.59 Å². The molecule has 100 valence electrons. The third kappa shape index (κ3) is 2.01. The second kappa shape index (κ2) is 4.93. The van der Waals surface area contributed by atoms with Crippen molar-refractivity contribution in [2.45, 2.75) is 19.5 Å². The molecule has 20 heavy (non-hydrogen) atoms. The molecule has 3 heteroatoms. The van der Waals surface area contributed by atoms with E-state index in [1.165, 1.54) is 6.92 Å². The van der Waals surface area contributed by atoms with Crippen LogP contribution < -0.4 is 0 Å². The molecule has 0 saturated carbocycles. The maximum Gasteiger partial charge on any atom is 0.255 e. The standard InChI is InChI=1S/C17H15NO2/c1-12(19)16(13-7-3-2-4-8-13)18-11-14-9-5-6-10-15(14)17(18)20/h2-10,16H,11H2,1H3. The van der Waals surface area contributed by atoms with Crippen molar-refractivity contribution in [1.82, 2.24) is 4.90 Å². The van der Waals surface area contributed by atoms with Crippen LogP contribution in [0.1, 0.15) is 34.5 Å². The summed E-state index contributed by atoms with van der Waals surface area (Å²) >= 11 is 0. The van der Waals surface area contributed by atoms with Crippen LogP contribution in [0, 0.1) is 0 Å². The molecule has 3 rings (SSSR count). The summed E-state index contributed by atoms with van der Waals surface area (Å²) in [5, 5.41) is 0. The molecule has 0 fully saturated rings. The predicted molar refractivity (Wildman–Crippen MR) is 76.2 cm³/mol. The first-order valence-electron chi connectivity index (χ1n) is 6.63. The Labute approximate surface area is 117 Å². The summed E-state index contributed by atoms with van der Waals surface area (Å²) in [6.07, 6.45) is 0. The van der Waals surface area contributed by atoms with Gasteiger partial charge in [0.25, 0.3) is 5.91 Å². The van der Waals surface area contributed by atoms with Crippen LogP contribution in [0.25, 0.3) is 0 Å². The van der Waals surface area contributed by atoms with Gasteiger partial charge in [0.2, 0.25) is 0 Å². The van der Waals surface area contributed by atoms with Gasteiger partial charge in [-0.25, -0.2) is 0 Å². The minimum Gasteiger partial charge on any atom is -0.320 e. The van der Waals surface area contributed by atoms with Crippen molar-refractivity contribution < 1.29 is 9.59 Å². The Hall–Kier alpha value is -2.42. The van der Waals surface area contributed by atoms with Crippen molar-refractivity contribution in [1.29, 1.82) is 0 Å². The SMILES string of the molecule is CC(=O)C(c1ccccc1)N1Cc2ccccc2C1=O. The maximum atomic E-state index is 12.5. The number of carbonyl (C=O) groups is 2. The molecule has 3 nitrogen and oxygen atoms in total. The monoisotopic (exact) mass is 265 g/mol. The van der Waals surface area contributed by atoms with Crippen LogP contribution in [0.4, 0.5) is 0 Å². The Kier molecular flexibility index (Phi) is 3.11. The zero-order valence-corrected chi connectivity index (χ0v) is 11.2. The number of hydrogen-bond acceptors (Lipinski definition) is 2. The molecule has 0 aromatic heterocycles. The lowest BCUT2D eigenvalue weighted by Crippen LogP contribution is -2.33. The zero-order valence-electron chi connectivity index (χ0n) is 11.2. The first kappa shape index (κ1) is 12.6. The van der Waals surface area contributed by atoms with E-state index in [2.05, 4.69) is 0 Å². The molecule has 1 amide bonds. The molecule has 1 heterocycles. The highest BCUT2D eigenvalue weighted by molar-refractivity contribution is 6.01. The van der Waals surface area contributed by atoms with E-state index in [1.807, 2.05) is 54.6 Å². The van der Waals surface area contributed by atoms with Crippen LogP contribution in [0.15, 0.2) is 54.6 Å². The Morgan fingerprint density at radius 2 is 1.70 bits per heavy atom. The number of hydrogen-bond donors (Lipinski definition) is 0. The second-order valence-electron chi connectivity index (χ2n) is 5.01. The number of benzene rings is 2. The van der Waals surface area contributed by atoms with Gasteiger partial charge in [0, 0.05) is 12.1 Å². The number of amides is 1. The van der Waals surface area contributed by atoms with Crippen LogP contribution in [0.2, 0.25) is 0 Å². The van der Waals surface area contributed by atoms with Crippen molar-refractivity contribution in [3.05, 3.63) is 71.3 Å². The lowest BCUT2D eigenvalue weighted by atomic mass is 10.0. The zero-order chi connectivity index (χ0) is 14.1. The van der Waals surface area contributed by atoms with Crippen LogP contribution in [-0.4, -0.2) is 16.6 Å². The summed E-state index contributed by atoms with van der Waals surface area (Å²) in [6.45, 7) is 2.03. The van der Waals surface area contributed by atoms with Crippen molar-refractivity contribution in [2.75, 3.05) is 0 Å². The highest BCUT2D eigenvalue weighted by Gasteiger charge is 2.35. The molecular formula is C17H15NO2. The molecule has 1 aliphatic heterocycles. The second-order valence-corrected chi connectivity index (χ2v) is 5.01. The molecule has 1 unspecified atom stereocenters. The van der Waals surface area contributed by atoms with Gasteiger partial charge in [-0.05, 0) is 24.1 Å². The minimum atomic E-state index is -0.504. The fraction of sp³-hybridized carbons (Fsp3) is 0.176. The summed E-state index contributed by atoms with van der Waals surface area (Å²) in [6, 6.07) is 16.5. The molecule has 2 aromatic rings. The molecule has 0 bridgehead atoms. The molecule has 1 aliphatic rings. The molecule has 2 aromatic carbocycles. The fourth-order valence-electron chi connectivity index (χ4n) is 2.75. The van der Waals surface area contributed by atoms with E-state index in [9.17, 15) is 9.59 Å². The third-order valence-corrected chi connectivity index (χ3v) is 3.66. The Morgan fingerprint density at radius 1 is 1.05 bits per heavy atom. The van der Waals surface area contributed by atoms with E-state index in [4.69, 9.17) is 0 Å². The van der Waals surface area contributed by atoms with Gasteiger partial charge in [-0.1, -0.05) is 48.5 Å². The van der Waals surface area contributed by atoms with Crippen LogP contribution in [0.3, 0.4) is 0 Å². The number of ketones is 1. The smallest absolute Gasteiger partial charge is 0.255 e. The average molecular weight is 265 g/mol. The number of nitrogens with zero attached hydrogens (tertiary/aromatic N) is 1. The van der Waals surface area contributed by atoms with E-state index < -0.39 is 6.04 Å². The number of fused-ring (bicyclic) bond motifs is 1. The van der Waals surface area contributed by atoms with Crippen molar-refractivity contribution in [2.24, 2.45) is 0 Å². The van der Waals surface area contributed by atoms with Gasteiger partial charge in [0.15, 0.2) is 5.78 Å². The highest BCUT2D eigenvalue weighted by Crippen LogP contribution is 2.31. The van der Waals surface area contributed by atoms with E-state index in [1.54, 1.807) is 4.90 Å². The lowest BCUT2D eigenvalue weighted by molar-refractivity contribution is -0.121. The summed E-state index contributed by atoms with van der Waals surface area (Å²) in [5.74, 6) is -0.0815. The Balaban J connectivity index is 2.00. The molecule has 0 spiro atoms. The molecular weight excluding hydrogens is 250 g/mol. The topological polar surface area (TPSA) is 37.4 Å². The van der Waals surface area contributed by atoms with Gasteiger partial charge >= 0.3 is 0 Å². The summed E-state index contributed by atoms with van der Waals surface area (Å²) in [4.78, 5) is 26.2. The molecule has 0 aliphatic carbocycles. The number of rotatable bonds is 3. The summed E-state index contributed by atoms with van der Waals surface area (Å²) in [7, 11) is 0. The normalized spacial score (nSPS) is 15.1. The van der Waals surface area contributed by atoms with Crippen molar-refractivity contribution in [3.63, 3.8) is 0 Å². The summed E-state index contributed by atoms with van der Waals surface area (Å²) in [5.41, 5.74) is 2.55. The average Bonchev–Trinajstić information content (AvgIpc) is 2.78. The van der Waals surface area contributed by atoms with Gasteiger partial charge in [0.05, 0.1) is 0 Å².